The molecule has 0 bridgehead atoms. The molecule has 0 amide bonds. The Morgan fingerprint density at radius 3 is 2.05 bits per heavy atom. The van der Waals surface area contributed by atoms with Gasteiger partial charge in [0, 0.05) is 39.9 Å². The fraction of sp³-hybridized carbons (Fsp3) is 0.102. The monoisotopic (exact) mass is 804 g/mol. The maximum atomic E-state index is 6.59. The maximum Gasteiger partial charge on any atom is 2.00 e. The van der Waals surface area contributed by atoms with Crippen molar-refractivity contribution < 1.29 is 25.2 Å². The van der Waals surface area contributed by atoms with E-state index < -0.39 is 0 Å². The first kappa shape index (κ1) is 35.9. The van der Waals surface area contributed by atoms with E-state index >= 15 is 0 Å². The fourth-order valence-electron chi connectivity index (χ4n) is 7.71. The third kappa shape index (κ3) is 6.38. The van der Waals surface area contributed by atoms with Gasteiger partial charge in [-0.25, -0.2) is 4.98 Å². The summed E-state index contributed by atoms with van der Waals surface area (Å²) < 4.78 is 10.8. The van der Waals surface area contributed by atoms with Crippen LogP contribution in [0.2, 0.25) is 0 Å². The van der Waals surface area contributed by atoms with Crippen LogP contribution in [0.1, 0.15) is 27.8 Å². The fourth-order valence-corrected chi connectivity index (χ4v) is 7.71. The van der Waals surface area contributed by atoms with E-state index in [-0.39, 0.29) is 20.4 Å². The molecule has 0 atom stereocenters. The second kappa shape index (κ2) is 14.6. The molecule has 0 aliphatic heterocycles. The van der Waals surface area contributed by atoms with Gasteiger partial charge < -0.3 is 9.30 Å². The van der Waals surface area contributed by atoms with Gasteiger partial charge >= 0.3 is 20.4 Å². The number of nitrogens with zero attached hydrogens (tertiary/aromatic N) is 4. The van der Waals surface area contributed by atoms with Gasteiger partial charge in [-0.05, 0) is 97.3 Å². The number of pyridine rings is 1. The Morgan fingerprint density at radius 2 is 1.29 bits per heavy atom. The zero-order valence-electron chi connectivity index (χ0n) is 31.3. The molecule has 0 aliphatic rings. The van der Waals surface area contributed by atoms with Crippen LogP contribution in [0.3, 0.4) is 0 Å². The van der Waals surface area contributed by atoms with Gasteiger partial charge in [0.2, 0.25) is 0 Å². The van der Waals surface area contributed by atoms with E-state index in [1.54, 1.807) is 0 Å². The average Bonchev–Trinajstić information content (AvgIpc) is 3.74. The van der Waals surface area contributed by atoms with Crippen molar-refractivity contribution in [1.29, 1.82) is 0 Å². The molecule has 3 aromatic heterocycles. The van der Waals surface area contributed by atoms with Crippen molar-refractivity contribution in [3.05, 3.63) is 180 Å². The quantitative estimate of drug-likeness (QED) is 0.119. The zero-order chi connectivity index (χ0) is 36.9. The molecule has 0 aliphatic carbocycles. The van der Waals surface area contributed by atoms with Crippen molar-refractivity contribution >= 4 is 21.8 Å². The van der Waals surface area contributed by atoms with Gasteiger partial charge in [-0.2, -0.15) is 17.2 Å². The van der Waals surface area contributed by atoms with Crippen molar-refractivity contribution in [2.75, 3.05) is 0 Å². The molecular formula is C49H38N4OPd. The number of aryl methyl sites for hydroxylation is 3. The molecule has 3 heterocycles. The molecule has 0 spiro atoms. The number of fused-ring (bicyclic) bond motifs is 3. The van der Waals surface area contributed by atoms with Crippen molar-refractivity contribution in [3.63, 3.8) is 0 Å². The summed E-state index contributed by atoms with van der Waals surface area (Å²) in [6, 6.07) is 53.0. The van der Waals surface area contributed by atoms with Crippen LogP contribution in [-0.4, -0.2) is 19.3 Å². The summed E-state index contributed by atoms with van der Waals surface area (Å²) in [5.41, 5.74) is 15.3. The predicted octanol–water partition coefficient (Wildman–Crippen LogP) is 12.3. The number of aromatic nitrogens is 4. The number of rotatable bonds is 7. The molecule has 6 heteroatoms. The van der Waals surface area contributed by atoms with Crippen LogP contribution in [0.5, 0.6) is 11.5 Å². The molecule has 270 valence electrons. The first-order valence-electron chi connectivity index (χ1n) is 18.3. The van der Waals surface area contributed by atoms with Crippen LogP contribution in [-0.2, 0) is 20.4 Å². The number of benzene rings is 6. The number of hydrogen-bond donors (Lipinski definition) is 0. The van der Waals surface area contributed by atoms with Crippen molar-refractivity contribution in [1.82, 2.24) is 19.3 Å². The first-order valence-corrected chi connectivity index (χ1v) is 18.3. The smallest absolute Gasteiger partial charge is 0.509 e. The molecular weight excluding hydrogens is 767 g/mol. The van der Waals surface area contributed by atoms with E-state index in [1.807, 2.05) is 47.3 Å². The topological polar surface area (TPSA) is 44.9 Å². The Balaban J connectivity index is 0.00000427. The molecule has 9 aromatic rings. The molecule has 55 heavy (non-hydrogen) atoms. The molecule has 9 rings (SSSR count). The minimum absolute atomic E-state index is 0. The normalized spacial score (nSPS) is 11.2. The van der Waals surface area contributed by atoms with Crippen LogP contribution >= 0.6 is 0 Å². The van der Waals surface area contributed by atoms with E-state index in [0.29, 0.717) is 11.5 Å². The van der Waals surface area contributed by atoms with Gasteiger partial charge in [0.15, 0.2) is 0 Å². The summed E-state index contributed by atoms with van der Waals surface area (Å²) in [6.07, 6.45) is 1.85. The molecule has 0 unspecified atom stereocenters. The maximum absolute atomic E-state index is 6.59. The molecule has 0 N–H and O–H groups in total. The molecule has 0 radical (unpaired) electrons. The summed E-state index contributed by atoms with van der Waals surface area (Å²) in [5.74, 6) is 1.99. The summed E-state index contributed by atoms with van der Waals surface area (Å²) in [6.45, 7) is 10.9. The minimum atomic E-state index is 0. The third-order valence-electron chi connectivity index (χ3n) is 10.5. The summed E-state index contributed by atoms with van der Waals surface area (Å²) in [4.78, 5) is 4.73. The van der Waals surface area contributed by atoms with Crippen molar-refractivity contribution in [3.8, 4) is 56.6 Å². The van der Waals surface area contributed by atoms with Gasteiger partial charge in [-0.15, -0.1) is 35.7 Å². The van der Waals surface area contributed by atoms with Gasteiger partial charge in [0.1, 0.15) is 11.5 Å². The largest absolute Gasteiger partial charge is 2.00 e. The third-order valence-corrected chi connectivity index (χ3v) is 10.5. The zero-order valence-corrected chi connectivity index (χ0v) is 32.8. The molecule has 0 saturated heterocycles. The van der Waals surface area contributed by atoms with E-state index in [2.05, 4.69) is 148 Å². The van der Waals surface area contributed by atoms with Crippen LogP contribution < -0.4 is 4.74 Å². The predicted molar refractivity (Wildman–Crippen MR) is 220 cm³/mol. The SMILES string of the molecule is Cc1ccnc(-n2c3[c-]c(Oc4[c-]c(-n5nc(-c6ccccc6)c(-c6c(C)cc(C)c(C)c6C)c5-c5ccccc5)ccc4)ccc3c3ccccc32)c1.[Pd+2]. The second-order valence-electron chi connectivity index (χ2n) is 14.0. The van der Waals surface area contributed by atoms with Crippen LogP contribution in [0.25, 0.3) is 67.0 Å². The summed E-state index contributed by atoms with van der Waals surface area (Å²) >= 11 is 0. The van der Waals surface area contributed by atoms with Crippen molar-refractivity contribution in [2.45, 2.75) is 34.6 Å². The minimum Gasteiger partial charge on any atom is -0.509 e. The first-order chi connectivity index (χ1) is 26.4. The van der Waals surface area contributed by atoms with E-state index in [0.717, 1.165) is 67.0 Å². The van der Waals surface area contributed by atoms with E-state index in [4.69, 9.17) is 14.8 Å². The molecule has 0 saturated carbocycles. The standard InChI is InChI=1S/C49H38N4O.Pd/c1-31-25-26-50-45(27-31)52-43-22-13-12-21-41(43)42-24-23-40(30-44(42)52)54-39-20-14-19-38(29-39)53-49(37-17-10-7-11-18-37)47(48(51-53)36-15-8-6-9-16-36)46-33(3)28-32(2)34(4)35(46)5;/h6-28H,1-5H3;/q-2;+2. The Morgan fingerprint density at radius 1 is 0.582 bits per heavy atom. The van der Waals surface area contributed by atoms with Gasteiger partial charge in [0.25, 0.3) is 0 Å². The number of para-hydroxylation sites is 1. The average molecular weight is 805 g/mol. The molecule has 0 fully saturated rings. The molecule has 6 aromatic carbocycles. The van der Waals surface area contributed by atoms with Gasteiger partial charge in [-0.3, -0.25) is 4.68 Å². The Kier molecular flexibility index (Phi) is 9.57. The number of ether oxygens (including phenoxy) is 1. The van der Waals surface area contributed by atoms with Gasteiger partial charge in [0.05, 0.1) is 5.69 Å². The summed E-state index contributed by atoms with van der Waals surface area (Å²) in [5, 5.41) is 7.64. The molecule has 5 nitrogen and oxygen atoms in total. The second-order valence-corrected chi connectivity index (χ2v) is 14.0. The van der Waals surface area contributed by atoms with Gasteiger partial charge in [-0.1, -0.05) is 90.4 Å². The van der Waals surface area contributed by atoms with Crippen LogP contribution in [0, 0.1) is 46.8 Å². The summed E-state index contributed by atoms with van der Waals surface area (Å²) in [7, 11) is 0. The Labute approximate surface area is 335 Å². The van der Waals surface area contributed by atoms with Crippen LogP contribution in [0.15, 0.2) is 140 Å². The number of hydrogen-bond acceptors (Lipinski definition) is 3. The Hall–Kier alpha value is -6.06. The van der Waals surface area contributed by atoms with E-state index in [9.17, 15) is 0 Å². The van der Waals surface area contributed by atoms with E-state index in [1.165, 1.54) is 27.8 Å². The van der Waals surface area contributed by atoms with Crippen molar-refractivity contribution in [2.24, 2.45) is 0 Å². The van der Waals surface area contributed by atoms with Crippen LogP contribution in [0.4, 0.5) is 0 Å². The Bertz CT molecular complexity index is 2850.